The number of aromatic nitrogens is 2. The van der Waals surface area contributed by atoms with Gasteiger partial charge in [-0.25, -0.2) is 0 Å². The van der Waals surface area contributed by atoms with E-state index in [9.17, 15) is 5.11 Å². The summed E-state index contributed by atoms with van der Waals surface area (Å²) in [4.78, 5) is 6.95. The Morgan fingerprint density at radius 3 is 2.79 bits per heavy atom. The Morgan fingerprint density at radius 1 is 1.11 bits per heavy atom. The van der Waals surface area contributed by atoms with Crippen LogP contribution in [0.3, 0.4) is 0 Å². The van der Waals surface area contributed by atoms with Crippen LogP contribution in [0, 0.1) is 0 Å². The minimum atomic E-state index is 0.0664. The Labute approximate surface area is 109 Å². The third kappa shape index (κ3) is 2.30. The zero-order valence-corrected chi connectivity index (χ0v) is 10.1. The third-order valence-electron chi connectivity index (χ3n) is 2.79. The molecule has 0 aliphatic rings. The number of fused-ring (bicyclic) bond motifs is 1. The van der Waals surface area contributed by atoms with E-state index in [0.717, 1.165) is 5.56 Å². The molecular weight excluding hydrogens is 240 g/mol. The van der Waals surface area contributed by atoms with Crippen molar-refractivity contribution < 1.29 is 5.11 Å². The minimum Gasteiger partial charge on any atom is -0.494 e. The molecule has 0 amide bonds. The summed E-state index contributed by atoms with van der Waals surface area (Å²) in [6, 6.07) is 13.4. The fourth-order valence-electron chi connectivity index (χ4n) is 1.87. The van der Waals surface area contributed by atoms with E-state index in [1.54, 1.807) is 18.3 Å². The summed E-state index contributed by atoms with van der Waals surface area (Å²) in [6.07, 6.45) is 1.66. The van der Waals surface area contributed by atoms with Crippen molar-refractivity contribution in [2.75, 3.05) is 0 Å². The van der Waals surface area contributed by atoms with E-state index in [4.69, 9.17) is 0 Å². The monoisotopic (exact) mass is 252 g/mol. The van der Waals surface area contributed by atoms with Crippen LogP contribution in [0.15, 0.2) is 58.9 Å². The lowest BCUT2D eigenvalue weighted by Crippen LogP contribution is -1.78. The second-order valence-corrected chi connectivity index (χ2v) is 4.11. The van der Waals surface area contributed by atoms with Crippen molar-refractivity contribution in [2.45, 2.75) is 6.54 Å². The molecule has 2 N–H and O–H groups in total. The molecule has 5 nitrogen and oxygen atoms in total. The highest BCUT2D eigenvalue weighted by Crippen LogP contribution is 2.30. The van der Waals surface area contributed by atoms with Crippen molar-refractivity contribution in [3.05, 3.63) is 54.2 Å². The van der Waals surface area contributed by atoms with Crippen molar-refractivity contribution >= 4 is 16.7 Å². The molecule has 0 spiro atoms. The molecular formula is C14H12N4O. The first-order valence-electron chi connectivity index (χ1n) is 5.91. The van der Waals surface area contributed by atoms with Crippen molar-refractivity contribution in [1.82, 2.24) is 9.97 Å². The third-order valence-corrected chi connectivity index (χ3v) is 2.79. The van der Waals surface area contributed by atoms with Gasteiger partial charge in [-0.15, -0.1) is 5.11 Å². The predicted molar refractivity (Wildman–Crippen MR) is 72.4 cm³/mol. The molecule has 1 aromatic carbocycles. The number of pyridine rings is 1. The smallest absolute Gasteiger partial charge is 0.199 e. The molecule has 0 atom stereocenters. The Bertz CT molecular complexity index is 719. The van der Waals surface area contributed by atoms with Crippen molar-refractivity contribution in [3.63, 3.8) is 0 Å². The molecule has 19 heavy (non-hydrogen) atoms. The van der Waals surface area contributed by atoms with Crippen LogP contribution in [0.1, 0.15) is 5.56 Å². The second kappa shape index (κ2) is 4.89. The summed E-state index contributed by atoms with van der Waals surface area (Å²) >= 11 is 0. The summed E-state index contributed by atoms with van der Waals surface area (Å²) in [5.74, 6) is 0.542. The molecule has 0 bridgehead atoms. The van der Waals surface area contributed by atoms with Gasteiger partial charge in [-0.2, -0.15) is 5.11 Å². The topological polar surface area (TPSA) is 73.6 Å². The van der Waals surface area contributed by atoms with E-state index in [0.29, 0.717) is 23.3 Å². The molecule has 5 heteroatoms. The Hall–Kier alpha value is -2.69. The number of rotatable bonds is 3. The molecule has 2 heterocycles. The lowest BCUT2D eigenvalue weighted by Gasteiger charge is -1.93. The molecule has 2 aromatic heterocycles. The number of hydrogen-bond acceptors (Lipinski definition) is 4. The molecule has 0 fully saturated rings. The molecule has 3 aromatic rings. The second-order valence-electron chi connectivity index (χ2n) is 4.11. The lowest BCUT2D eigenvalue weighted by molar-refractivity contribution is 0.463. The Morgan fingerprint density at radius 2 is 1.95 bits per heavy atom. The first kappa shape index (κ1) is 11.4. The van der Waals surface area contributed by atoms with Crippen molar-refractivity contribution in [1.29, 1.82) is 0 Å². The number of hydrogen-bond donors (Lipinski definition) is 2. The van der Waals surface area contributed by atoms with Gasteiger partial charge in [0.1, 0.15) is 5.52 Å². The maximum absolute atomic E-state index is 9.71. The van der Waals surface area contributed by atoms with Gasteiger partial charge in [0.2, 0.25) is 0 Å². The minimum absolute atomic E-state index is 0.0664. The number of nitrogens with zero attached hydrogens (tertiary/aromatic N) is 3. The van der Waals surface area contributed by atoms with Crippen LogP contribution in [0.4, 0.5) is 5.82 Å². The van der Waals surface area contributed by atoms with E-state index in [1.165, 1.54) is 0 Å². The first-order chi connectivity index (χ1) is 9.34. The number of aromatic amines is 1. The average molecular weight is 252 g/mol. The average Bonchev–Trinajstić information content (AvgIpc) is 2.78. The van der Waals surface area contributed by atoms with Crippen LogP contribution in [0.25, 0.3) is 10.9 Å². The van der Waals surface area contributed by atoms with Crippen LogP contribution in [0.5, 0.6) is 5.88 Å². The lowest BCUT2D eigenvalue weighted by atomic mass is 10.2. The zero-order valence-electron chi connectivity index (χ0n) is 10.1. The maximum Gasteiger partial charge on any atom is 0.199 e. The van der Waals surface area contributed by atoms with E-state index >= 15 is 0 Å². The maximum atomic E-state index is 9.71. The van der Waals surface area contributed by atoms with E-state index in [1.807, 2.05) is 30.3 Å². The van der Waals surface area contributed by atoms with E-state index in [-0.39, 0.29) is 5.88 Å². The van der Waals surface area contributed by atoms with Gasteiger partial charge in [-0.1, -0.05) is 30.3 Å². The fraction of sp³-hybridized carbons (Fsp3) is 0.0714. The van der Waals surface area contributed by atoms with Crippen LogP contribution in [0.2, 0.25) is 0 Å². The van der Waals surface area contributed by atoms with Crippen molar-refractivity contribution in [3.8, 4) is 5.88 Å². The Kier molecular flexibility index (Phi) is 2.94. The molecule has 0 unspecified atom stereocenters. The number of azo groups is 1. The Balaban J connectivity index is 1.86. The quantitative estimate of drug-likeness (QED) is 0.699. The van der Waals surface area contributed by atoms with Gasteiger partial charge in [0.05, 0.1) is 11.9 Å². The standard InChI is InChI=1S/C14H12N4O/c19-14-11-7-4-8-15-12(11)13(17-14)18-16-9-10-5-2-1-3-6-10/h1-8,17,19H,9H2. The van der Waals surface area contributed by atoms with Gasteiger partial charge in [0.15, 0.2) is 11.7 Å². The summed E-state index contributed by atoms with van der Waals surface area (Å²) in [5, 5.41) is 18.6. The van der Waals surface area contributed by atoms with Gasteiger partial charge in [-0.3, -0.25) is 4.98 Å². The molecule has 94 valence electrons. The van der Waals surface area contributed by atoms with Crippen LogP contribution < -0.4 is 0 Å². The van der Waals surface area contributed by atoms with Gasteiger partial charge in [0.25, 0.3) is 0 Å². The van der Waals surface area contributed by atoms with Gasteiger partial charge in [0, 0.05) is 6.20 Å². The highest BCUT2D eigenvalue weighted by atomic mass is 16.3. The molecule has 0 saturated heterocycles. The summed E-state index contributed by atoms with van der Waals surface area (Å²) in [5.41, 5.74) is 1.70. The summed E-state index contributed by atoms with van der Waals surface area (Å²) in [7, 11) is 0. The number of H-pyrrole nitrogens is 1. The molecule has 0 radical (unpaired) electrons. The largest absolute Gasteiger partial charge is 0.494 e. The number of nitrogens with one attached hydrogen (secondary N) is 1. The predicted octanol–water partition coefficient (Wildman–Crippen LogP) is 3.55. The SMILES string of the molecule is Oc1[nH]c(N=NCc2ccccc2)c2ncccc12. The summed E-state index contributed by atoms with van der Waals surface area (Å²) < 4.78 is 0. The molecule has 0 aliphatic heterocycles. The van der Waals surface area contributed by atoms with Crippen LogP contribution in [-0.2, 0) is 6.54 Å². The van der Waals surface area contributed by atoms with Crippen LogP contribution >= 0.6 is 0 Å². The fourth-order valence-corrected chi connectivity index (χ4v) is 1.87. The molecule has 0 saturated carbocycles. The van der Waals surface area contributed by atoms with Crippen LogP contribution in [-0.4, -0.2) is 15.1 Å². The number of benzene rings is 1. The van der Waals surface area contributed by atoms with Gasteiger partial charge < -0.3 is 10.1 Å². The first-order valence-corrected chi connectivity index (χ1v) is 5.91. The van der Waals surface area contributed by atoms with Gasteiger partial charge >= 0.3 is 0 Å². The van der Waals surface area contributed by atoms with Gasteiger partial charge in [-0.05, 0) is 17.7 Å². The zero-order chi connectivity index (χ0) is 13.1. The van der Waals surface area contributed by atoms with E-state index < -0.39 is 0 Å². The highest BCUT2D eigenvalue weighted by Gasteiger charge is 2.08. The molecule has 0 aliphatic carbocycles. The highest BCUT2D eigenvalue weighted by molar-refractivity contribution is 5.92. The van der Waals surface area contributed by atoms with Crippen molar-refractivity contribution in [2.24, 2.45) is 10.2 Å². The summed E-state index contributed by atoms with van der Waals surface area (Å²) in [6.45, 7) is 0.495. The van der Waals surface area contributed by atoms with E-state index in [2.05, 4.69) is 20.2 Å². The normalized spacial score (nSPS) is 11.4. The molecule has 3 rings (SSSR count). The number of aromatic hydroxyl groups is 1.